The van der Waals surface area contributed by atoms with Gasteiger partial charge < -0.3 is 10.0 Å². The van der Waals surface area contributed by atoms with Gasteiger partial charge in [0.15, 0.2) is 0 Å². The first-order chi connectivity index (χ1) is 6.91. The van der Waals surface area contributed by atoms with Crippen LogP contribution < -0.4 is 0 Å². The molecule has 2 unspecified atom stereocenters. The molecule has 2 atom stereocenters. The van der Waals surface area contributed by atoms with Crippen molar-refractivity contribution in [2.24, 2.45) is 11.8 Å². The molecule has 0 aliphatic carbocycles. The molecule has 0 aliphatic rings. The lowest BCUT2D eigenvalue weighted by Crippen LogP contribution is -2.37. The molecule has 0 fully saturated rings. The van der Waals surface area contributed by atoms with Gasteiger partial charge in [-0.3, -0.25) is 9.59 Å². The lowest BCUT2D eigenvalue weighted by molar-refractivity contribution is -0.148. The molecule has 0 spiro atoms. The SMILES string of the molecule is CCCCN(C)C(=O)C(C)C(C)C(=O)O. The number of hydrogen-bond acceptors (Lipinski definition) is 2. The maximum Gasteiger partial charge on any atom is 0.307 e. The molecule has 4 heteroatoms. The lowest BCUT2D eigenvalue weighted by Gasteiger charge is -2.23. The molecule has 0 heterocycles. The van der Waals surface area contributed by atoms with Crippen LogP contribution in [0.4, 0.5) is 0 Å². The fourth-order valence-electron chi connectivity index (χ4n) is 1.28. The smallest absolute Gasteiger partial charge is 0.307 e. The van der Waals surface area contributed by atoms with E-state index in [1.807, 2.05) is 0 Å². The number of carbonyl (C=O) groups excluding carboxylic acids is 1. The van der Waals surface area contributed by atoms with Crippen molar-refractivity contribution in [1.82, 2.24) is 4.90 Å². The van der Waals surface area contributed by atoms with Crippen molar-refractivity contribution >= 4 is 11.9 Å². The van der Waals surface area contributed by atoms with Crippen molar-refractivity contribution in [3.63, 3.8) is 0 Å². The van der Waals surface area contributed by atoms with Crippen molar-refractivity contribution in [2.45, 2.75) is 33.6 Å². The molecule has 0 aromatic heterocycles. The number of carboxylic acids is 1. The van der Waals surface area contributed by atoms with Gasteiger partial charge in [0, 0.05) is 19.5 Å². The van der Waals surface area contributed by atoms with Gasteiger partial charge in [0.05, 0.1) is 5.92 Å². The molecule has 88 valence electrons. The third-order valence-corrected chi connectivity index (χ3v) is 2.75. The summed E-state index contributed by atoms with van der Waals surface area (Å²) < 4.78 is 0. The zero-order valence-electron chi connectivity index (χ0n) is 9.99. The summed E-state index contributed by atoms with van der Waals surface area (Å²) in [6.07, 6.45) is 1.98. The summed E-state index contributed by atoms with van der Waals surface area (Å²) in [6, 6.07) is 0. The van der Waals surface area contributed by atoms with Crippen LogP contribution in [0.3, 0.4) is 0 Å². The zero-order chi connectivity index (χ0) is 12.0. The van der Waals surface area contributed by atoms with E-state index in [1.165, 1.54) is 0 Å². The molecule has 0 aromatic carbocycles. The molecular formula is C11H21NO3. The number of carbonyl (C=O) groups is 2. The molecule has 0 saturated heterocycles. The predicted molar refractivity (Wildman–Crippen MR) is 58.5 cm³/mol. The molecule has 0 saturated carbocycles. The minimum atomic E-state index is -0.917. The van der Waals surface area contributed by atoms with Crippen LogP contribution in [0, 0.1) is 11.8 Å². The molecule has 15 heavy (non-hydrogen) atoms. The minimum absolute atomic E-state index is 0.0849. The Balaban J connectivity index is 4.24. The van der Waals surface area contributed by atoms with Crippen molar-refractivity contribution in [3.05, 3.63) is 0 Å². The normalized spacial score (nSPS) is 14.4. The van der Waals surface area contributed by atoms with Crippen molar-refractivity contribution < 1.29 is 14.7 Å². The van der Waals surface area contributed by atoms with Gasteiger partial charge in [0.2, 0.25) is 5.91 Å². The molecule has 1 amide bonds. The second-order valence-corrected chi connectivity index (χ2v) is 4.03. The largest absolute Gasteiger partial charge is 0.481 e. The molecule has 1 N–H and O–H groups in total. The number of hydrogen-bond donors (Lipinski definition) is 1. The lowest BCUT2D eigenvalue weighted by atomic mass is 9.95. The van der Waals surface area contributed by atoms with Gasteiger partial charge in [0.25, 0.3) is 0 Å². The van der Waals surface area contributed by atoms with E-state index < -0.39 is 17.8 Å². The average molecular weight is 215 g/mol. The fourth-order valence-corrected chi connectivity index (χ4v) is 1.28. The minimum Gasteiger partial charge on any atom is -0.481 e. The summed E-state index contributed by atoms with van der Waals surface area (Å²) in [5.41, 5.74) is 0. The maximum atomic E-state index is 11.8. The summed E-state index contributed by atoms with van der Waals surface area (Å²) in [5, 5.41) is 8.79. The third-order valence-electron chi connectivity index (χ3n) is 2.75. The summed E-state index contributed by atoms with van der Waals surface area (Å²) in [6.45, 7) is 6.00. The Labute approximate surface area is 91.3 Å². The van der Waals surface area contributed by atoms with Gasteiger partial charge >= 0.3 is 5.97 Å². The van der Waals surface area contributed by atoms with E-state index in [9.17, 15) is 9.59 Å². The van der Waals surface area contributed by atoms with Crippen molar-refractivity contribution in [2.75, 3.05) is 13.6 Å². The third kappa shape index (κ3) is 4.32. The van der Waals surface area contributed by atoms with E-state index in [2.05, 4.69) is 6.92 Å². The average Bonchev–Trinajstić information content (AvgIpc) is 2.22. The van der Waals surface area contributed by atoms with Crippen LogP contribution in [0.1, 0.15) is 33.6 Å². The Morgan fingerprint density at radius 3 is 2.20 bits per heavy atom. The molecule has 0 aliphatic heterocycles. The van der Waals surface area contributed by atoms with Crippen LogP contribution in [0.15, 0.2) is 0 Å². The standard InChI is InChI=1S/C11H21NO3/c1-5-6-7-12(4)10(13)8(2)9(3)11(14)15/h8-9H,5-7H2,1-4H3,(H,14,15). The summed E-state index contributed by atoms with van der Waals surface area (Å²) in [4.78, 5) is 24.1. The summed E-state index contributed by atoms with van der Waals surface area (Å²) >= 11 is 0. The highest BCUT2D eigenvalue weighted by atomic mass is 16.4. The first-order valence-electron chi connectivity index (χ1n) is 5.39. The topological polar surface area (TPSA) is 57.6 Å². The molecule has 0 aromatic rings. The van der Waals surface area contributed by atoms with Gasteiger partial charge in [0.1, 0.15) is 0 Å². The van der Waals surface area contributed by atoms with Crippen molar-refractivity contribution in [1.29, 1.82) is 0 Å². The number of amides is 1. The molecule has 0 bridgehead atoms. The van der Waals surface area contributed by atoms with Crippen LogP contribution in [0.5, 0.6) is 0 Å². The Morgan fingerprint density at radius 2 is 1.80 bits per heavy atom. The van der Waals surface area contributed by atoms with E-state index in [-0.39, 0.29) is 5.91 Å². The highest BCUT2D eigenvalue weighted by Gasteiger charge is 2.27. The zero-order valence-corrected chi connectivity index (χ0v) is 9.99. The van der Waals surface area contributed by atoms with Crippen molar-refractivity contribution in [3.8, 4) is 0 Å². The van der Waals surface area contributed by atoms with E-state index in [1.54, 1.807) is 25.8 Å². The Morgan fingerprint density at radius 1 is 1.27 bits per heavy atom. The Kier molecular flexibility index (Phi) is 5.97. The highest BCUT2D eigenvalue weighted by molar-refractivity contribution is 5.84. The molecule has 4 nitrogen and oxygen atoms in total. The number of nitrogens with zero attached hydrogens (tertiary/aromatic N) is 1. The van der Waals surface area contributed by atoms with E-state index in [0.717, 1.165) is 12.8 Å². The molecule has 0 radical (unpaired) electrons. The molecule has 0 rings (SSSR count). The Hall–Kier alpha value is -1.06. The monoisotopic (exact) mass is 215 g/mol. The number of rotatable bonds is 6. The van der Waals surface area contributed by atoms with E-state index >= 15 is 0 Å². The fraction of sp³-hybridized carbons (Fsp3) is 0.818. The second-order valence-electron chi connectivity index (χ2n) is 4.03. The first kappa shape index (κ1) is 13.9. The first-order valence-corrected chi connectivity index (χ1v) is 5.39. The van der Waals surface area contributed by atoms with Gasteiger partial charge in [-0.25, -0.2) is 0 Å². The van der Waals surface area contributed by atoms with E-state index in [0.29, 0.717) is 6.54 Å². The number of carboxylic acid groups (broad SMARTS) is 1. The van der Waals surface area contributed by atoms with Gasteiger partial charge in [-0.05, 0) is 6.42 Å². The quantitative estimate of drug-likeness (QED) is 0.732. The maximum absolute atomic E-state index is 11.8. The Bertz CT molecular complexity index is 228. The number of aliphatic carboxylic acids is 1. The predicted octanol–water partition coefficient (Wildman–Crippen LogP) is 1.60. The highest BCUT2D eigenvalue weighted by Crippen LogP contribution is 2.14. The second kappa shape index (κ2) is 6.43. The number of unbranched alkanes of at least 4 members (excludes halogenated alkanes) is 1. The molecular weight excluding hydrogens is 194 g/mol. The van der Waals surface area contributed by atoms with Crippen LogP contribution >= 0.6 is 0 Å². The van der Waals surface area contributed by atoms with Crippen LogP contribution in [-0.2, 0) is 9.59 Å². The van der Waals surface area contributed by atoms with Gasteiger partial charge in [-0.2, -0.15) is 0 Å². The summed E-state index contributed by atoms with van der Waals surface area (Å²) in [5.74, 6) is -2.08. The van der Waals surface area contributed by atoms with Gasteiger partial charge in [-0.1, -0.05) is 27.2 Å². The van der Waals surface area contributed by atoms with Crippen LogP contribution in [0.2, 0.25) is 0 Å². The van der Waals surface area contributed by atoms with Crippen LogP contribution in [-0.4, -0.2) is 35.5 Å². The summed E-state index contributed by atoms with van der Waals surface area (Å²) in [7, 11) is 1.73. The van der Waals surface area contributed by atoms with E-state index in [4.69, 9.17) is 5.11 Å². The van der Waals surface area contributed by atoms with Crippen LogP contribution in [0.25, 0.3) is 0 Å². The van der Waals surface area contributed by atoms with Gasteiger partial charge in [-0.15, -0.1) is 0 Å².